The Morgan fingerprint density at radius 2 is 1.91 bits per heavy atom. The highest BCUT2D eigenvalue weighted by atomic mass is 35.5. The van der Waals surface area contributed by atoms with Crippen LogP contribution in [-0.4, -0.2) is 59.3 Å². The van der Waals surface area contributed by atoms with Gasteiger partial charge in [0.15, 0.2) is 5.11 Å². The molecule has 4 heterocycles. The van der Waals surface area contributed by atoms with Crippen molar-refractivity contribution < 1.29 is 9.15 Å². The van der Waals surface area contributed by atoms with Crippen molar-refractivity contribution >= 4 is 40.5 Å². The van der Waals surface area contributed by atoms with Crippen LogP contribution in [0.4, 0.5) is 0 Å². The molecule has 0 radical (unpaired) electrons. The number of nitrogens with one attached hydrogen (secondary N) is 1. The average molecular weight is 517 g/mol. The van der Waals surface area contributed by atoms with Crippen LogP contribution in [-0.2, 0) is 4.74 Å². The summed E-state index contributed by atoms with van der Waals surface area (Å²) in [4.78, 5) is 9.26. The van der Waals surface area contributed by atoms with Gasteiger partial charge in [0.05, 0.1) is 30.0 Å². The van der Waals surface area contributed by atoms with Crippen LogP contribution in [0.5, 0.6) is 0 Å². The van der Waals surface area contributed by atoms with Gasteiger partial charge in [-0.1, -0.05) is 29.3 Å². The molecule has 6 nitrogen and oxygen atoms in total. The molecule has 2 fully saturated rings. The van der Waals surface area contributed by atoms with Crippen molar-refractivity contribution in [3.05, 3.63) is 76.2 Å². The highest BCUT2D eigenvalue weighted by Crippen LogP contribution is 2.41. The molecular weight excluding hydrogens is 491 g/mol. The molecule has 2 atom stereocenters. The Morgan fingerprint density at radius 3 is 2.68 bits per heavy atom. The lowest BCUT2D eigenvalue weighted by Crippen LogP contribution is -2.38. The van der Waals surface area contributed by atoms with Gasteiger partial charge in [0.1, 0.15) is 17.6 Å². The van der Waals surface area contributed by atoms with Crippen molar-refractivity contribution in [1.82, 2.24) is 20.1 Å². The van der Waals surface area contributed by atoms with E-state index in [-0.39, 0.29) is 12.1 Å². The van der Waals surface area contributed by atoms with E-state index in [1.807, 2.05) is 42.5 Å². The predicted molar refractivity (Wildman–Crippen MR) is 138 cm³/mol. The zero-order valence-corrected chi connectivity index (χ0v) is 21.0. The summed E-state index contributed by atoms with van der Waals surface area (Å²) in [6.07, 6.45) is 2.79. The first-order chi connectivity index (χ1) is 16.6. The SMILES string of the molecule is S=C1N[C@H](c2ccccn2)[C@@H](c2ccc(-c3ccc(Cl)cc3Cl)o2)N1CCCN1CCOCC1. The molecule has 0 aliphatic carbocycles. The van der Waals surface area contributed by atoms with Crippen molar-refractivity contribution in [2.75, 3.05) is 39.4 Å². The van der Waals surface area contributed by atoms with Crippen LogP contribution < -0.4 is 5.32 Å². The molecule has 1 aromatic carbocycles. The summed E-state index contributed by atoms with van der Waals surface area (Å²) in [5.74, 6) is 1.51. The minimum atomic E-state index is -0.119. The molecule has 0 unspecified atom stereocenters. The smallest absolute Gasteiger partial charge is 0.170 e. The largest absolute Gasteiger partial charge is 0.459 e. The Labute approximate surface area is 214 Å². The number of nitrogens with zero attached hydrogens (tertiary/aromatic N) is 3. The van der Waals surface area contributed by atoms with Gasteiger partial charge in [0.25, 0.3) is 0 Å². The van der Waals surface area contributed by atoms with Gasteiger partial charge in [-0.15, -0.1) is 0 Å². The molecule has 2 aliphatic heterocycles. The fourth-order valence-corrected chi connectivity index (χ4v) is 5.42. The van der Waals surface area contributed by atoms with Gasteiger partial charge in [-0.2, -0.15) is 0 Å². The predicted octanol–water partition coefficient (Wildman–Crippen LogP) is 5.34. The number of rotatable bonds is 7. The zero-order chi connectivity index (χ0) is 23.5. The van der Waals surface area contributed by atoms with E-state index in [0.717, 1.165) is 62.8 Å². The molecule has 3 aromatic rings. The third kappa shape index (κ3) is 5.09. The maximum absolute atomic E-state index is 6.44. The molecular formula is C25H26Cl2N4O2S. The van der Waals surface area contributed by atoms with Crippen LogP contribution in [0.25, 0.3) is 11.3 Å². The topological polar surface area (TPSA) is 53.8 Å². The Bertz CT molecular complexity index is 1140. The van der Waals surface area contributed by atoms with E-state index >= 15 is 0 Å². The minimum absolute atomic E-state index is 0.114. The Morgan fingerprint density at radius 1 is 1.06 bits per heavy atom. The molecule has 5 rings (SSSR count). The number of halogens is 2. The Kier molecular flexibility index (Phi) is 7.37. The standard InChI is InChI=1S/C25H26Cl2N4O2S/c26-17-5-6-18(19(27)16-17)21-7-8-22(33-21)24-23(20-4-1-2-9-28-20)29-25(34)31(24)11-3-10-30-12-14-32-15-13-30/h1-2,4-9,16,23-24H,3,10-15H2,(H,29,34)/t23-,24-/m1/s1. The third-order valence-corrected chi connectivity index (χ3v) is 7.19. The average Bonchev–Trinajstić information content (AvgIpc) is 3.45. The lowest BCUT2D eigenvalue weighted by Gasteiger charge is -2.29. The maximum Gasteiger partial charge on any atom is 0.170 e. The first-order valence-electron chi connectivity index (χ1n) is 11.4. The van der Waals surface area contributed by atoms with E-state index in [1.165, 1.54) is 0 Å². The lowest BCUT2D eigenvalue weighted by atomic mass is 10.0. The molecule has 0 amide bonds. The summed E-state index contributed by atoms with van der Waals surface area (Å²) < 4.78 is 11.8. The van der Waals surface area contributed by atoms with Gasteiger partial charge in [0, 0.05) is 43.0 Å². The first kappa shape index (κ1) is 23.6. The normalized spacial score (nSPS) is 21.1. The second-order valence-electron chi connectivity index (χ2n) is 8.45. The quantitative estimate of drug-likeness (QED) is 0.425. The number of pyridine rings is 1. The van der Waals surface area contributed by atoms with Crippen molar-refractivity contribution in [3.8, 4) is 11.3 Å². The number of furan rings is 1. The van der Waals surface area contributed by atoms with Gasteiger partial charge in [-0.3, -0.25) is 9.88 Å². The summed E-state index contributed by atoms with van der Waals surface area (Å²) >= 11 is 18.3. The van der Waals surface area contributed by atoms with Crippen LogP contribution >= 0.6 is 35.4 Å². The lowest BCUT2D eigenvalue weighted by molar-refractivity contribution is 0.0365. The van der Waals surface area contributed by atoms with Crippen molar-refractivity contribution in [3.63, 3.8) is 0 Å². The molecule has 0 saturated carbocycles. The van der Waals surface area contributed by atoms with E-state index in [2.05, 4.69) is 20.1 Å². The number of aromatic nitrogens is 1. The summed E-state index contributed by atoms with van der Waals surface area (Å²) in [5, 5.41) is 5.34. The van der Waals surface area contributed by atoms with Crippen LogP contribution in [0.3, 0.4) is 0 Å². The summed E-state index contributed by atoms with van der Waals surface area (Å²) in [7, 11) is 0. The van der Waals surface area contributed by atoms with E-state index in [0.29, 0.717) is 20.9 Å². The highest BCUT2D eigenvalue weighted by molar-refractivity contribution is 7.80. The number of hydrogen-bond donors (Lipinski definition) is 1. The fourth-order valence-electron chi connectivity index (χ4n) is 4.59. The highest BCUT2D eigenvalue weighted by Gasteiger charge is 2.41. The Balaban J connectivity index is 1.41. The second-order valence-corrected chi connectivity index (χ2v) is 9.68. The molecule has 0 spiro atoms. The molecule has 178 valence electrons. The van der Waals surface area contributed by atoms with Gasteiger partial charge < -0.3 is 19.4 Å². The first-order valence-corrected chi connectivity index (χ1v) is 12.6. The van der Waals surface area contributed by atoms with E-state index in [1.54, 1.807) is 12.3 Å². The van der Waals surface area contributed by atoms with E-state index in [9.17, 15) is 0 Å². The molecule has 2 saturated heterocycles. The zero-order valence-electron chi connectivity index (χ0n) is 18.6. The summed E-state index contributed by atoms with van der Waals surface area (Å²) in [5.41, 5.74) is 1.73. The Hall–Kier alpha value is -2.16. The van der Waals surface area contributed by atoms with Crippen molar-refractivity contribution in [2.45, 2.75) is 18.5 Å². The monoisotopic (exact) mass is 516 g/mol. The summed E-state index contributed by atoms with van der Waals surface area (Å²) in [6.45, 7) is 5.38. The van der Waals surface area contributed by atoms with Crippen LogP contribution in [0.2, 0.25) is 10.0 Å². The van der Waals surface area contributed by atoms with Gasteiger partial charge in [-0.25, -0.2) is 0 Å². The van der Waals surface area contributed by atoms with E-state index < -0.39 is 0 Å². The molecule has 9 heteroatoms. The molecule has 34 heavy (non-hydrogen) atoms. The van der Waals surface area contributed by atoms with Crippen LogP contribution in [0, 0.1) is 0 Å². The van der Waals surface area contributed by atoms with Crippen LogP contribution in [0.15, 0.2) is 59.1 Å². The van der Waals surface area contributed by atoms with Crippen molar-refractivity contribution in [2.24, 2.45) is 0 Å². The van der Waals surface area contributed by atoms with Gasteiger partial charge in [0.2, 0.25) is 0 Å². The second kappa shape index (κ2) is 10.6. The number of thiocarbonyl (C=S) groups is 1. The minimum Gasteiger partial charge on any atom is -0.459 e. The molecule has 0 bridgehead atoms. The number of benzene rings is 1. The number of morpholine rings is 1. The number of ether oxygens (including phenoxy) is 1. The summed E-state index contributed by atoms with van der Waals surface area (Å²) in [6, 6.07) is 15.1. The molecule has 1 N–H and O–H groups in total. The molecule has 2 aliphatic rings. The molecule has 2 aromatic heterocycles. The maximum atomic E-state index is 6.44. The van der Waals surface area contributed by atoms with Gasteiger partial charge >= 0.3 is 0 Å². The van der Waals surface area contributed by atoms with Crippen LogP contribution in [0.1, 0.15) is 30.0 Å². The van der Waals surface area contributed by atoms with Crippen molar-refractivity contribution in [1.29, 1.82) is 0 Å². The number of hydrogen-bond acceptors (Lipinski definition) is 5. The fraction of sp³-hybridized carbons (Fsp3) is 0.360. The third-order valence-electron chi connectivity index (χ3n) is 6.29. The van der Waals surface area contributed by atoms with E-state index in [4.69, 9.17) is 44.6 Å². The van der Waals surface area contributed by atoms with Gasteiger partial charge in [-0.05, 0) is 61.1 Å².